The molecule has 1 aromatic carbocycles. The Balaban J connectivity index is 2.61. The molecule has 0 aromatic heterocycles. The van der Waals surface area contributed by atoms with Gasteiger partial charge in [-0.2, -0.15) is 0 Å². The zero-order chi connectivity index (χ0) is 24.4. The predicted octanol–water partition coefficient (Wildman–Crippen LogP) is 6.66. The zero-order valence-corrected chi connectivity index (χ0v) is 21.6. The number of hydrogen-bond acceptors (Lipinski definition) is 5. The standard InChI is InChI=1S/C27H43NO4S/c1-4-7-8-9-10-11-12-13-14-18-24-32-27(29)26(22-19-23-28(5-2)6-3)33(30,31)25-20-16-15-17-21-25/h15-17,19-23H,4-14,18,24H2,1-3H3/b23-19+,26-22-. The smallest absolute Gasteiger partial charge is 0.350 e. The largest absolute Gasteiger partial charge is 0.462 e. The first-order valence-corrected chi connectivity index (χ1v) is 14.0. The predicted molar refractivity (Wildman–Crippen MR) is 137 cm³/mol. The third-order valence-corrected chi connectivity index (χ3v) is 7.41. The molecule has 0 unspecified atom stereocenters. The summed E-state index contributed by atoms with van der Waals surface area (Å²) in [4.78, 5) is 14.5. The molecule has 1 aromatic rings. The van der Waals surface area contributed by atoms with E-state index in [1.807, 2.05) is 18.7 Å². The van der Waals surface area contributed by atoms with Crippen molar-refractivity contribution in [1.29, 1.82) is 0 Å². The van der Waals surface area contributed by atoms with E-state index in [4.69, 9.17) is 4.74 Å². The maximum absolute atomic E-state index is 13.1. The normalized spacial score (nSPS) is 12.3. The second-order valence-electron chi connectivity index (χ2n) is 8.23. The van der Waals surface area contributed by atoms with Crippen molar-refractivity contribution in [3.05, 3.63) is 53.6 Å². The van der Waals surface area contributed by atoms with Crippen molar-refractivity contribution in [3.8, 4) is 0 Å². The molecule has 0 spiro atoms. The summed E-state index contributed by atoms with van der Waals surface area (Å²) in [6.07, 6.45) is 16.6. The van der Waals surface area contributed by atoms with Gasteiger partial charge in [0.25, 0.3) is 0 Å². The number of carbonyl (C=O) groups excluding carboxylic acids is 1. The molecule has 0 aliphatic carbocycles. The molecule has 0 heterocycles. The number of carbonyl (C=O) groups is 1. The molecule has 33 heavy (non-hydrogen) atoms. The van der Waals surface area contributed by atoms with E-state index in [9.17, 15) is 13.2 Å². The topological polar surface area (TPSA) is 63.7 Å². The third kappa shape index (κ3) is 11.6. The number of allylic oxidation sites excluding steroid dienone is 2. The first-order chi connectivity index (χ1) is 16.0. The van der Waals surface area contributed by atoms with Gasteiger partial charge < -0.3 is 9.64 Å². The van der Waals surface area contributed by atoms with Gasteiger partial charge in [0.1, 0.15) is 0 Å². The Morgan fingerprint density at radius 1 is 0.848 bits per heavy atom. The summed E-state index contributed by atoms with van der Waals surface area (Å²) >= 11 is 0. The van der Waals surface area contributed by atoms with Crippen molar-refractivity contribution >= 4 is 15.8 Å². The highest BCUT2D eigenvalue weighted by Crippen LogP contribution is 2.21. The summed E-state index contributed by atoms with van der Waals surface area (Å²) in [5.74, 6) is -0.793. The highest BCUT2D eigenvalue weighted by Gasteiger charge is 2.27. The molecule has 0 atom stereocenters. The monoisotopic (exact) mass is 477 g/mol. The molecule has 0 bridgehead atoms. The average Bonchev–Trinajstić information content (AvgIpc) is 2.83. The van der Waals surface area contributed by atoms with Crippen LogP contribution >= 0.6 is 0 Å². The Hall–Kier alpha value is -2.08. The van der Waals surface area contributed by atoms with Crippen LogP contribution in [0.5, 0.6) is 0 Å². The number of nitrogens with zero attached hydrogens (tertiary/aromatic N) is 1. The van der Waals surface area contributed by atoms with E-state index < -0.39 is 15.8 Å². The Labute approximate surface area is 201 Å². The lowest BCUT2D eigenvalue weighted by Gasteiger charge is -2.14. The summed E-state index contributed by atoms with van der Waals surface area (Å²) < 4.78 is 31.5. The van der Waals surface area contributed by atoms with Gasteiger partial charge in [-0.15, -0.1) is 0 Å². The molecule has 1 rings (SSSR count). The summed E-state index contributed by atoms with van der Waals surface area (Å²) in [6, 6.07) is 8.02. The van der Waals surface area contributed by atoms with Crippen LogP contribution < -0.4 is 0 Å². The van der Waals surface area contributed by atoms with Gasteiger partial charge in [-0.1, -0.05) is 82.9 Å². The molecule has 0 N–H and O–H groups in total. The number of benzene rings is 1. The molecule has 5 nitrogen and oxygen atoms in total. The fourth-order valence-corrected chi connectivity index (χ4v) is 4.81. The van der Waals surface area contributed by atoms with Gasteiger partial charge in [-0.05, 0) is 50.8 Å². The second-order valence-corrected chi connectivity index (χ2v) is 10.1. The van der Waals surface area contributed by atoms with Gasteiger partial charge in [0.2, 0.25) is 9.84 Å². The van der Waals surface area contributed by atoms with Crippen molar-refractivity contribution in [2.75, 3.05) is 19.7 Å². The van der Waals surface area contributed by atoms with Crippen molar-refractivity contribution in [3.63, 3.8) is 0 Å². The van der Waals surface area contributed by atoms with Gasteiger partial charge in [-0.25, -0.2) is 13.2 Å². The Morgan fingerprint density at radius 3 is 1.94 bits per heavy atom. The average molecular weight is 478 g/mol. The highest BCUT2D eigenvalue weighted by molar-refractivity contribution is 7.96. The van der Waals surface area contributed by atoms with Crippen molar-refractivity contribution in [2.24, 2.45) is 0 Å². The summed E-state index contributed by atoms with van der Waals surface area (Å²) in [5, 5.41) is 0. The van der Waals surface area contributed by atoms with Crippen molar-refractivity contribution < 1.29 is 17.9 Å². The minimum Gasteiger partial charge on any atom is -0.462 e. The quantitative estimate of drug-likeness (QED) is 0.102. The SMILES string of the molecule is CCCCCCCCCCCCOC(=O)/C(=C/C=C/N(CC)CC)S(=O)(=O)c1ccccc1. The minimum atomic E-state index is -3.96. The van der Waals surface area contributed by atoms with Crippen LogP contribution in [-0.2, 0) is 19.4 Å². The van der Waals surface area contributed by atoms with Crippen LogP contribution in [0.3, 0.4) is 0 Å². The lowest BCUT2D eigenvalue weighted by Crippen LogP contribution is -2.18. The fraction of sp³-hybridized carbons (Fsp3) is 0.593. The highest BCUT2D eigenvalue weighted by atomic mass is 32.2. The first kappa shape index (κ1) is 29.0. The number of sulfone groups is 1. The van der Waals surface area contributed by atoms with Crippen LogP contribution in [0.15, 0.2) is 58.5 Å². The van der Waals surface area contributed by atoms with Gasteiger partial charge in [0.15, 0.2) is 4.91 Å². The van der Waals surface area contributed by atoms with Crippen LogP contribution in [0.25, 0.3) is 0 Å². The van der Waals surface area contributed by atoms with Gasteiger partial charge in [0, 0.05) is 13.1 Å². The van der Waals surface area contributed by atoms with Crippen LogP contribution in [-0.4, -0.2) is 39.0 Å². The van der Waals surface area contributed by atoms with Gasteiger partial charge >= 0.3 is 5.97 Å². The summed E-state index contributed by atoms with van der Waals surface area (Å²) in [5.41, 5.74) is 0. The maximum Gasteiger partial charge on any atom is 0.350 e. The third-order valence-electron chi connectivity index (χ3n) is 5.63. The summed E-state index contributed by atoms with van der Waals surface area (Å²) in [7, 11) is -3.96. The van der Waals surface area contributed by atoms with E-state index in [2.05, 4.69) is 6.92 Å². The molecule has 0 amide bonds. The van der Waals surface area contributed by atoms with E-state index in [0.29, 0.717) is 0 Å². The molecule has 0 radical (unpaired) electrons. The molecule has 0 saturated carbocycles. The first-order valence-electron chi connectivity index (χ1n) is 12.6. The number of ether oxygens (including phenoxy) is 1. The summed E-state index contributed by atoms with van der Waals surface area (Å²) in [6.45, 7) is 8.08. The van der Waals surface area contributed by atoms with E-state index in [1.54, 1.807) is 30.5 Å². The van der Waals surface area contributed by atoms with Gasteiger partial charge in [0.05, 0.1) is 11.5 Å². The van der Waals surface area contributed by atoms with Crippen molar-refractivity contribution in [2.45, 2.75) is 89.9 Å². The molecule has 0 fully saturated rings. The minimum absolute atomic E-state index is 0.0865. The van der Waals surface area contributed by atoms with Crippen LogP contribution in [0.1, 0.15) is 85.0 Å². The fourth-order valence-electron chi connectivity index (χ4n) is 3.51. The maximum atomic E-state index is 13.1. The number of esters is 1. The van der Waals surface area contributed by atoms with E-state index in [-0.39, 0.29) is 16.4 Å². The number of rotatable bonds is 18. The van der Waals surface area contributed by atoms with Crippen molar-refractivity contribution in [1.82, 2.24) is 4.90 Å². The Kier molecular flexibility index (Phi) is 15.3. The van der Waals surface area contributed by atoms with Crippen LogP contribution in [0, 0.1) is 0 Å². The van der Waals surface area contributed by atoms with Crippen LogP contribution in [0.4, 0.5) is 0 Å². The zero-order valence-electron chi connectivity index (χ0n) is 20.8. The lowest BCUT2D eigenvalue weighted by atomic mass is 10.1. The van der Waals surface area contributed by atoms with Gasteiger partial charge in [-0.3, -0.25) is 0 Å². The molecule has 0 saturated heterocycles. The van der Waals surface area contributed by atoms with Crippen LogP contribution in [0.2, 0.25) is 0 Å². The van der Waals surface area contributed by atoms with E-state index in [1.165, 1.54) is 63.2 Å². The Bertz CT molecular complexity index is 812. The molecule has 0 aliphatic heterocycles. The molecular weight excluding hydrogens is 434 g/mol. The van der Waals surface area contributed by atoms with E-state index in [0.717, 1.165) is 32.4 Å². The Morgan fingerprint density at radius 2 is 1.39 bits per heavy atom. The lowest BCUT2D eigenvalue weighted by molar-refractivity contribution is -0.138. The van der Waals surface area contributed by atoms with E-state index >= 15 is 0 Å². The molecule has 186 valence electrons. The number of hydrogen-bond donors (Lipinski definition) is 0. The number of unbranched alkanes of at least 4 members (excludes halogenated alkanes) is 9. The second kappa shape index (κ2) is 17.4. The molecule has 6 heteroatoms. The molecule has 0 aliphatic rings. The molecular formula is C27H43NO4S.